The Hall–Kier alpha value is 0.550. The Labute approximate surface area is 147 Å². The highest BCUT2D eigenvalue weighted by Crippen LogP contribution is 2.37. The van der Waals surface area contributed by atoms with E-state index in [2.05, 4.69) is 0 Å². The van der Waals surface area contributed by atoms with Crippen molar-refractivity contribution in [2.75, 3.05) is 18.4 Å². The van der Waals surface area contributed by atoms with Gasteiger partial charge in [0, 0.05) is 0 Å². The van der Waals surface area contributed by atoms with Gasteiger partial charge in [-0.1, -0.05) is 0 Å². The Morgan fingerprint density at radius 1 is 1.00 bits per heavy atom. The van der Waals surface area contributed by atoms with Crippen molar-refractivity contribution in [3.8, 4) is 0 Å². The lowest BCUT2D eigenvalue weighted by molar-refractivity contribution is -0.357. The molecule has 8 nitrogen and oxygen atoms in total. The zero-order chi connectivity index (χ0) is 17.4. The maximum atomic E-state index is 10.1. The predicted octanol–water partition coefficient (Wildman–Crippen LogP) is -1.66. The third kappa shape index (κ3) is 3.58. The second kappa shape index (κ2) is 7.84. The SMILES string of the molecule is OCC1OC(O[C@]2(CCl)O[C@H](CCl)C(O)C2O)C(O)C(O)C1Cl. The average Bonchev–Trinajstić information content (AvgIpc) is 2.80. The molecule has 2 rings (SSSR count). The normalized spacial score (nSPS) is 51.1. The van der Waals surface area contributed by atoms with Crippen molar-refractivity contribution in [1.82, 2.24) is 0 Å². The van der Waals surface area contributed by atoms with Crippen LogP contribution in [-0.2, 0) is 14.2 Å². The van der Waals surface area contributed by atoms with Crippen molar-refractivity contribution < 1.29 is 39.7 Å². The fraction of sp³-hybridized carbons (Fsp3) is 1.00. The number of hydrogen-bond donors (Lipinski definition) is 5. The van der Waals surface area contributed by atoms with Crippen molar-refractivity contribution in [3.05, 3.63) is 0 Å². The van der Waals surface area contributed by atoms with Gasteiger partial charge in [0.2, 0.25) is 5.79 Å². The van der Waals surface area contributed by atoms with E-state index < -0.39 is 66.6 Å². The van der Waals surface area contributed by atoms with Gasteiger partial charge in [-0.05, 0) is 0 Å². The molecular formula is C12H19Cl3O8. The maximum Gasteiger partial charge on any atom is 0.214 e. The van der Waals surface area contributed by atoms with Gasteiger partial charge < -0.3 is 39.7 Å². The molecule has 9 atom stereocenters. The summed E-state index contributed by atoms with van der Waals surface area (Å²) in [5.41, 5.74) is 0. The lowest BCUT2D eigenvalue weighted by Crippen LogP contribution is -2.61. The molecule has 0 aliphatic carbocycles. The van der Waals surface area contributed by atoms with E-state index in [9.17, 15) is 25.5 Å². The lowest BCUT2D eigenvalue weighted by Gasteiger charge is -2.43. The van der Waals surface area contributed by atoms with Crippen molar-refractivity contribution >= 4 is 34.8 Å². The molecule has 23 heavy (non-hydrogen) atoms. The Balaban J connectivity index is 2.18. The number of rotatable bonds is 5. The third-order valence-corrected chi connectivity index (χ3v) is 5.17. The topological polar surface area (TPSA) is 129 Å². The highest BCUT2D eigenvalue weighted by atomic mass is 35.5. The molecule has 0 aromatic heterocycles. The lowest BCUT2D eigenvalue weighted by atomic mass is 10.0. The van der Waals surface area contributed by atoms with Gasteiger partial charge >= 0.3 is 0 Å². The molecule has 2 aliphatic rings. The minimum absolute atomic E-state index is 0.125. The van der Waals surface area contributed by atoms with E-state index in [-0.39, 0.29) is 5.88 Å². The van der Waals surface area contributed by atoms with E-state index in [0.29, 0.717) is 0 Å². The predicted molar refractivity (Wildman–Crippen MR) is 79.5 cm³/mol. The van der Waals surface area contributed by atoms with Crippen LogP contribution >= 0.6 is 34.8 Å². The Morgan fingerprint density at radius 3 is 2.13 bits per heavy atom. The van der Waals surface area contributed by atoms with Crippen LogP contribution in [0.4, 0.5) is 0 Å². The Kier molecular flexibility index (Phi) is 6.77. The second-order valence-electron chi connectivity index (χ2n) is 5.46. The number of aliphatic hydroxyl groups excluding tert-OH is 5. The fourth-order valence-electron chi connectivity index (χ4n) is 2.56. The summed E-state index contributed by atoms with van der Waals surface area (Å²) in [5.74, 6) is -2.43. The minimum Gasteiger partial charge on any atom is -0.394 e. The van der Waals surface area contributed by atoms with Crippen LogP contribution in [0.3, 0.4) is 0 Å². The highest BCUT2D eigenvalue weighted by Gasteiger charge is 2.58. The number of hydrogen-bond acceptors (Lipinski definition) is 8. The first kappa shape index (κ1) is 19.9. The molecule has 0 aromatic carbocycles. The molecule has 2 saturated heterocycles. The first-order valence-corrected chi connectivity index (χ1v) is 8.42. The molecule has 11 heteroatoms. The quantitative estimate of drug-likeness (QED) is 0.349. The van der Waals surface area contributed by atoms with E-state index in [4.69, 9.17) is 49.0 Å². The zero-order valence-corrected chi connectivity index (χ0v) is 14.1. The average molecular weight is 398 g/mol. The largest absolute Gasteiger partial charge is 0.394 e. The van der Waals surface area contributed by atoms with Crippen LogP contribution in [0.15, 0.2) is 0 Å². The molecule has 5 N–H and O–H groups in total. The van der Waals surface area contributed by atoms with Crippen LogP contribution in [0, 0.1) is 0 Å². The first-order chi connectivity index (χ1) is 10.8. The van der Waals surface area contributed by atoms with Crippen LogP contribution in [0.1, 0.15) is 0 Å². The van der Waals surface area contributed by atoms with Gasteiger partial charge in [0.25, 0.3) is 0 Å². The van der Waals surface area contributed by atoms with Crippen LogP contribution in [0.25, 0.3) is 0 Å². The smallest absolute Gasteiger partial charge is 0.214 e. The summed E-state index contributed by atoms with van der Waals surface area (Å²) in [6, 6.07) is 0. The monoisotopic (exact) mass is 396 g/mol. The Bertz CT molecular complexity index is 403. The van der Waals surface area contributed by atoms with Gasteiger partial charge in [0.1, 0.15) is 36.6 Å². The van der Waals surface area contributed by atoms with Crippen LogP contribution in [-0.4, -0.2) is 98.0 Å². The third-order valence-electron chi connectivity index (χ3n) is 3.96. The molecule has 2 heterocycles. The fourth-order valence-corrected chi connectivity index (χ4v) is 3.37. The van der Waals surface area contributed by atoms with Gasteiger partial charge in [-0.25, -0.2) is 0 Å². The molecule has 0 bridgehead atoms. The van der Waals surface area contributed by atoms with Gasteiger partial charge in [0.05, 0.1) is 23.7 Å². The van der Waals surface area contributed by atoms with Crippen molar-refractivity contribution in [3.63, 3.8) is 0 Å². The van der Waals surface area contributed by atoms with E-state index in [0.717, 1.165) is 0 Å². The molecule has 7 unspecified atom stereocenters. The summed E-state index contributed by atoms with van der Waals surface area (Å²) in [6.07, 6.45) is -9.39. The standard InChI is InChI=1S/C12H19Cl3O8/c13-1-4-7(17)10(20)12(3-14,22-4)23-11-9(19)8(18)6(15)5(2-16)21-11/h4-11,16-20H,1-3H2/t4-,5?,6?,7?,8?,9?,10?,11?,12+/m1/s1. The van der Waals surface area contributed by atoms with E-state index in [1.54, 1.807) is 0 Å². The molecule has 0 saturated carbocycles. The highest BCUT2D eigenvalue weighted by molar-refractivity contribution is 6.21. The van der Waals surface area contributed by atoms with Gasteiger partial charge in [0.15, 0.2) is 6.29 Å². The Morgan fingerprint density at radius 2 is 1.65 bits per heavy atom. The summed E-state index contributed by atoms with van der Waals surface area (Å²) in [5, 5.41) is 48.1. The molecule has 136 valence electrons. The summed E-state index contributed by atoms with van der Waals surface area (Å²) in [4.78, 5) is 0. The zero-order valence-electron chi connectivity index (χ0n) is 11.8. The van der Waals surface area contributed by atoms with E-state index >= 15 is 0 Å². The summed E-state index contributed by atoms with van der Waals surface area (Å²) in [7, 11) is 0. The van der Waals surface area contributed by atoms with Crippen molar-refractivity contribution in [1.29, 1.82) is 0 Å². The molecule has 0 radical (unpaired) electrons. The van der Waals surface area contributed by atoms with Gasteiger partial charge in [-0.3, -0.25) is 0 Å². The van der Waals surface area contributed by atoms with Crippen LogP contribution in [0.2, 0.25) is 0 Å². The summed E-state index contributed by atoms with van der Waals surface area (Å²) >= 11 is 17.3. The number of ether oxygens (including phenoxy) is 3. The van der Waals surface area contributed by atoms with Crippen molar-refractivity contribution in [2.24, 2.45) is 0 Å². The van der Waals surface area contributed by atoms with E-state index in [1.807, 2.05) is 0 Å². The second-order valence-corrected chi connectivity index (χ2v) is 6.54. The number of aliphatic hydroxyl groups is 5. The van der Waals surface area contributed by atoms with E-state index in [1.165, 1.54) is 0 Å². The molecule has 2 fully saturated rings. The minimum atomic E-state index is -1.90. The van der Waals surface area contributed by atoms with Gasteiger partial charge in [-0.15, -0.1) is 34.8 Å². The molecule has 0 spiro atoms. The number of alkyl halides is 3. The van der Waals surface area contributed by atoms with Crippen LogP contribution < -0.4 is 0 Å². The molecule has 0 amide bonds. The molecule has 2 aliphatic heterocycles. The van der Waals surface area contributed by atoms with Crippen LogP contribution in [0.5, 0.6) is 0 Å². The van der Waals surface area contributed by atoms with Crippen molar-refractivity contribution in [2.45, 2.75) is 54.1 Å². The number of halogens is 3. The van der Waals surface area contributed by atoms with Gasteiger partial charge in [-0.2, -0.15) is 0 Å². The maximum absolute atomic E-state index is 10.1. The molecule has 0 aromatic rings. The first-order valence-electron chi connectivity index (χ1n) is 6.91. The summed E-state index contributed by atoms with van der Waals surface area (Å²) < 4.78 is 16.1. The molecular weight excluding hydrogens is 378 g/mol. The summed E-state index contributed by atoms with van der Waals surface area (Å²) in [6.45, 7) is -0.526.